The Hall–Kier alpha value is -1.06. The Balaban J connectivity index is 2.29. The van der Waals surface area contributed by atoms with Crippen molar-refractivity contribution in [2.75, 3.05) is 26.2 Å². The van der Waals surface area contributed by atoms with E-state index in [0.29, 0.717) is 13.2 Å². The van der Waals surface area contributed by atoms with Gasteiger partial charge < -0.3 is 15.8 Å². The molecule has 0 fully saturated rings. The van der Waals surface area contributed by atoms with Crippen molar-refractivity contribution in [3.63, 3.8) is 0 Å². The van der Waals surface area contributed by atoms with Crippen molar-refractivity contribution in [1.29, 1.82) is 0 Å². The molecule has 0 aliphatic rings. The van der Waals surface area contributed by atoms with E-state index >= 15 is 0 Å². The number of nitrogens with one attached hydrogen (secondary N) is 1. The molecule has 3 nitrogen and oxygen atoms in total. The van der Waals surface area contributed by atoms with Crippen LogP contribution in [0.2, 0.25) is 0 Å². The maximum atomic E-state index is 5.55. The smallest absolute Gasteiger partial charge is 0.119 e. The van der Waals surface area contributed by atoms with Crippen LogP contribution in [0.25, 0.3) is 0 Å². The van der Waals surface area contributed by atoms with E-state index in [1.807, 2.05) is 12.1 Å². The Kier molecular flexibility index (Phi) is 5.81. The van der Waals surface area contributed by atoms with Gasteiger partial charge in [0.05, 0.1) is 0 Å². The zero-order valence-corrected chi connectivity index (χ0v) is 9.33. The van der Waals surface area contributed by atoms with E-state index in [9.17, 15) is 0 Å². The van der Waals surface area contributed by atoms with Crippen molar-refractivity contribution in [3.8, 4) is 5.75 Å². The first-order valence-corrected chi connectivity index (χ1v) is 5.49. The molecule has 0 saturated carbocycles. The Morgan fingerprint density at radius 2 is 2.00 bits per heavy atom. The number of ether oxygens (including phenoxy) is 1. The second-order valence-corrected chi connectivity index (χ2v) is 3.38. The van der Waals surface area contributed by atoms with Crippen LogP contribution in [0.1, 0.15) is 12.5 Å². The lowest BCUT2D eigenvalue weighted by Crippen LogP contribution is -2.20. The summed E-state index contributed by atoms with van der Waals surface area (Å²) in [6, 6.07) is 8.12. The average molecular weight is 208 g/mol. The molecule has 1 rings (SSSR count). The summed E-state index contributed by atoms with van der Waals surface area (Å²) in [6.07, 6.45) is 0.928. The lowest BCUT2D eigenvalue weighted by atomic mass is 10.1. The molecule has 0 radical (unpaired) electrons. The predicted octanol–water partition coefficient (Wildman–Crippen LogP) is 1.18. The van der Waals surface area contributed by atoms with Crippen molar-refractivity contribution in [2.45, 2.75) is 13.3 Å². The van der Waals surface area contributed by atoms with E-state index in [-0.39, 0.29) is 0 Å². The normalized spacial score (nSPS) is 10.3. The highest BCUT2D eigenvalue weighted by Gasteiger charge is 1.94. The van der Waals surface area contributed by atoms with E-state index < -0.39 is 0 Å². The number of likely N-dealkylation sites (N-methyl/N-ethyl adjacent to an activating group) is 1. The zero-order valence-electron chi connectivity index (χ0n) is 9.33. The molecule has 84 valence electrons. The molecule has 0 heterocycles. The molecule has 0 aliphatic heterocycles. The van der Waals surface area contributed by atoms with Crippen molar-refractivity contribution in [2.24, 2.45) is 5.73 Å². The van der Waals surface area contributed by atoms with Crippen LogP contribution in [0.15, 0.2) is 24.3 Å². The molecule has 3 heteroatoms. The van der Waals surface area contributed by atoms with Crippen molar-refractivity contribution in [3.05, 3.63) is 29.8 Å². The molecule has 0 unspecified atom stereocenters. The lowest BCUT2D eigenvalue weighted by Gasteiger charge is -2.07. The van der Waals surface area contributed by atoms with Crippen molar-refractivity contribution >= 4 is 0 Å². The molecular weight excluding hydrogens is 188 g/mol. The number of hydrogen-bond acceptors (Lipinski definition) is 3. The summed E-state index contributed by atoms with van der Waals surface area (Å²) in [7, 11) is 0. The fourth-order valence-electron chi connectivity index (χ4n) is 1.34. The SMILES string of the molecule is CCNCCOc1ccc(CCN)cc1. The molecule has 1 aromatic rings. The van der Waals surface area contributed by atoms with Gasteiger partial charge in [0.2, 0.25) is 0 Å². The van der Waals surface area contributed by atoms with Crippen LogP contribution < -0.4 is 15.8 Å². The molecule has 0 spiro atoms. The zero-order chi connectivity index (χ0) is 10.9. The maximum absolute atomic E-state index is 5.55. The van der Waals surface area contributed by atoms with Gasteiger partial charge in [-0.3, -0.25) is 0 Å². The molecule has 3 N–H and O–H groups in total. The van der Waals surface area contributed by atoms with E-state index in [2.05, 4.69) is 24.4 Å². The van der Waals surface area contributed by atoms with Crippen LogP contribution in [0, 0.1) is 0 Å². The minimum atomic E-state index is 0.695. The van der Waals surface area contributed by atoms with Crippen molar-refractivity contribution in [1.82, 2.24) is 5.32 Å². The Bertz CT molecular complexity index is 259. The number of rotatable bonds is 7. The van der Waals surface area contributed by atoms with Crippen LogP contribution in [-0.2, 0) is 6.42 Å². The van der Waals surface area contributed by atoms with Gasteiger partial charge in [0, 0.05) is 6.54 Å². The van der Waals surface area contributed by atoms with Crippen LogP contribution in [0.5, 0.6) is 5.75 Å². The van der Waals surface area contributed by atoms with Gasteiger partial charge in [0.15, 0.2) is 0 Å². The Labute approximate surface area is 91.6 Å². The fraction of sp³-hybridized carbons (Fsp3) is 0.500. The fourth-order valence-corrected chi connectivity index (χ4v) is 1.34. The topological polar surface area (TPSA) is 47.3 Å². The molecule has 0 saturated heterocycles. The molecule has 15 heavy (non-hydrogen) atoms. The predicted molar refractivity (Wildman–Crippen MR) is 63.2 cm³/mol. The largest absolute Gasteiger partial charge is 0.492 e. The van der Waals surface area contributed by atoms with Gasteiger partial charge in [-0.2, -0.15) is 0 Å². The summed E-state index contributed by atoms with van der Waals surface area (Å²) in [5.41, 5.74) is 6.73. The average Bonchev–Trinajstić information content (AvgIpc) is 2.27. The highest BCUT2D eigenvalue weighted by molar-refractivity contribution is 5.27. The van der Waals surface area contributed by atoms with Gasteiger partial charge in [-0.25, -0.2) is 0 Å². The molecule has 0 bridgehead atoms. The van der Waals surface area contributed by atoms with Gasteiger partial charge >= 0.3 is 0 Å². The minimum Gasteiger partial charge on any atom is -0.492 e. The maximum Gasteiger partial charge on any atom is 0.119 e. The second kappa shape index (κ2) is 7.26. The quantitative estimate of drug-likeness (QED) is 0.661. The monoisotopic (exact) mass is 208 g/mol. The molecule has 0 atom stereocenters. The van der Waals surface area contributed by atoms with Gasteiger partial charge in [0.25, 0.3) is 0 Å². The van der Waals surface area contributed by atoms with Crippen LogP contribution in [-0.4, -0.2) is 26.2 Å². The van der Waals surface area contributed by atoms with Gasteiger partial charge in [-0.05, 0) is 37.2 Å². The third-order valence-corrected chi connectivity index (χ3v) is 2.15. The first-order chi connectivity index (χ1) is 7.36. The molecule has 0 aliphatic carbocycles. The Morgan fingerprint density at radius 1 is 1.27 bits per heavy atom. The number of nitrogens with two attached hydrogens (primary N) is 1. The molecule has 1 aromatic carbocycles. The number of benzene rings is 1. The third-order valence-electron chi connectivity index (χ3n) is 2.15. The summed E-state index contributed by atoms with van der Waals surface area (Å²) in [6.45, 7) is 5.37. The van der Waals surface area contributed by atoms with Crippen LogP contribution in [0.4, 0.5) is 0 Å². The van der Waals surface area contributed by atoms with E-state index in [4.69, 9.17) is 10.5 Å². The second-order valence-electron chi connectivity index (χ2n) is 3.38. The van der Waals surface area contributed by atoms with Crippen molar-refractivity contribution < 1.29 is 4.74 Å². The highest BCUT2D eigenvalue weighted by Crippen LogP contribution is 2.11. The van der Waals surface area contributed by atoms with E-state index in [1.54, 1.807) is 0 Å². The third kappa shape index (κ3) is 4.81. The van der Waals surface area contributed by atoms with Gasteiger partial charge in [-0.15, -0.1) is 0 Å². The summed E-state index contributed by atoms with van der Waals surface area (Å²) < 4.78 is 5.55. The van der Waals surface area contributed by atoms with Crippen LogP contribution in [0.3, 0.4) is 0 Å². The first-order valence-electron chi connectivity index (χ1n) is 5.49. The standard InChI is InChI=1S/C12H20N2O/c1-2-14-9-10-15-12-5-3-11(4-6-12)7-8-13/h3-6,14H,2,7-10,13H2,1H3. The lowest BCUT2D eigenvalue weighted by molar-refractivity contribution is 0.315. The van der Waals surface area contributed by atoms with Gasteiger partial charge in [-0.1, -0.05) is 19.1 Å². The Morgan fingerprint density at radius 3 is 2.60 bits per heavy atom. The molecular formula is C12H20N2O. The molecule has 0 aromatic heterocycles. The van der Waals surface area contributed by atoms with E-state index in [0.717, 1.165) is 25.3 Å². The summed E-state index contributed by atoms with van der Waals surface area (Å²) >= 11 is 0. The van der Waals surface area contributed by atoms with Gasteiger partial charge in [0.1, 0.15) is 12.4 Å². The summed E-state index contributed by atoms with van der Waals surface area (Å²) in [4.78, 5) is 0. The summed E-state index contributed by atoms with van der Waals surface area (Å²) in [5.74, 6) is 0.925. The highest BCUT2D eigenvalue weighted by atomic mass is 16.5. The van der Waals surface area contributed by atoms with E-state index in [1.165, 1.54) is 5.56 Å². The minimum absolute atomic E-state index is 0.695. The number of hydrogen-bond donors (Lipinski definition) is 2. The summed E-state index contributed by atoms with van der Waals surface area (Å²) in [5, 5.41) is 3.21. The van der Waals surface area contributed by atoms with Crippen LogP contribution >= 0.6 is 0 Å². The first kappa shape index (κ1) is 12.0. The molecule has 0 amide bonds.